The Balaban J connectivity index is 2.01. The van der Waals surface area contributed by atoms with Crippen LogP contribution in [0, 0.1) is 24.5 Å². The lowest BCUT2D eigenvalue weighted by Crippen LogP contribution is -2.11. The van der Waals surface area contributed by atoms with Gasteiger partial charge in [0.2, 0.25) is 0 Å². The Labute approximate surface area is 94.1 Å². The van der Waals surface area contributed by atoms with Gasteiger partial charge in [0.15, 0.2) is 11.6 Å². The Morgan fingerprint density at radius 2 is 2.00 bits per heavy atom. The topological polar surface area (TPSA) is 20.2 Å². The van der Waals surface area contributed by atoms with Crippen LogP contribution in [0.3, 0.4) is 0 Å². The normalized spacial score (nSPS) is 17.5. The summed E-state index contributed by atoms with van der Waals surface area (Å²) in [7, 11) is 0. The van der Waals surface area contributed by atoms with Gasteiger partial charge in [-0.3, -0.25) is 0 Å². The maximum Gasteiger partial charge on any atom is 0.162 e. The van der Waals surface area contributed by atoms with Crippen molar-refractivity contribution in [2.75, 3.05) is 0 Å². The van der Waals surface area contributed by atoms with Crippen molar-refractivity contribution in [3.63, 3.8) is 0 Å². The van der Waals surface area contributed by atoms with E-state index in [4.69, 9.17) is 0 Å². The molecule has 1 aliphatic carbocycles. The number of benzene rings is 1. The molecule has 3 heteroatoms. The third-order valence-electron chi connectivity index (χ3n) is 3.23. The second kappa shape index (κ2) is 4.50. The minimum Gasteiger partial charge on any atom is -0.393 e. The van der Waals surface area contributed by atoms with Gasteiger partial charge in [0.05, 0.1) is 6.10 Å². The number of aliphatic hydroxyl groups is 1. The van der Waals surface area contributed by atoms with Gasteiger partial charge in [0.25, 0.3) is 0 Å². The van der Waals surface area contributed by atoms with Crippen molar-refractivity contribution < 1.29 is 13.9 Å². The van der Waals surface area contributed by atoms with Crippen molar-refractivity contribution in [1.29, 1.82) is 0 Å². The number of halogens is 2. The van der Waals surface area contributed by atoms with E-state index in [2.05, 4.69) is 0 Å². The molecule has 1 saturated carbocycles. The maximum absolute atomic E-state index is 13.5. The van der Waals surface area contributed by atoms with Crippen LogP contribution in [0.5, 0.6) is 0 Å². The highest BCUT2D eigenvalue weighted by Gasteiger charge is 2.29. The average molecular weight is 226 g/mol. The molecule has 0 radical (unpaired) electrons. The summed E-state index contributed by atoms with van der Waals surface area (Å²) in [6.07, 6.45) is 2.69. The molecule has 1 aromatic rings. The number of aliphatic hydroxyl groups excluding tert-OH is 1. The van der Waals surface area contributed by atoms with Crippen LogP contribution in [0.4, 0.5) is 8.78 Å². The molecule has 16 heavy (non-hydrogen) atoms. The first-order valence-electron chi connectivity index (χ1n) is 5.71. The van der Waals surface area contributed by atoms with Crippen LogP contribution < -0.4 is 0 Å². The fourth-order valence-electron chi connectivity index (χ4n) is 1.90. The Bertz CT molecular complexity index is 386. The van der Waals surface area contributed by atoms with Crippen LogP contribution in [0.1, 0.15) is 30.4 Å². The lowest BCUT2D eigenvalue weighted by molar-refractivity contribution is 0.141. The van der Waals surface area contributed by atoms with Crippen LogP contribution in [-0.4, -0.2) is 11.2 Å². The summed E-state index contributed by atoms with van der Waals surface area (Å²) in [5, 5.41) is 9.65. The maximum atomic E-state index is 13.5. The zero-order valence-electron chi connectivity index (χ0n) is 9.34. The van der Waals surface area contributed by atoms with Crippen molar-refractivity contribution in [3.05, 3.63) is 34.9 Å². The summed E-state index contributed by atoms with van der Waals surface area (Å²) in [4.78, 5) is 0. The summed E-state index contributed by atoms with van der Waals surface area (Å²) in [5.41, 5.74) is 0.687. The molecule has 1 atom stereocenters. The van der Waals surface area contributed by atoms with Gasteiger partial charge in [-0.05, 0) is 49.7 Å². The second-order valence-electron chi connectivity index (χ2n) is 4.61. The highest BCUT2D eigenvalue weighted by Crippen LogP contribution is 2.34. The lowest BCUT2D eigenvalue weighted by atomic mass is 10.0. The van der Waals surface area contributed by atoms with Crippen molar-refractivity contribution in [1.82, 2.24) is 0 Å². The molecule has 88 valence electrons. The van der Waals surface area contributed by atoms with Crippen LogP contribution >= 0.6 is 0 Å². The van der Waals surface area contributed by atoms with Crippen molar-refractivity contribution in [3.8, 4) is 0 Å². The van der Waals surface area contributed by atoms with E-state index >= 15 is 0 Å². The van der Waals surface area contributed by atoms with Gasteiger partial charge in [-0.2, -0.15) is 0 Å². The largest absolute Gasteiger partial charge is 0.393 e. The Kier molecular flexibility index (Phi) is 3.24. The third kappa shape index (κ3) is 2.40. The summed E-state index contributed by atoms with van der Waals surface area (Å²) in [5.74, 6) is -1.14. The minimum atomic E-state index is -0.765. The summed E-state index contributed by atoms with van der Waals surface area (Å²) < 4.78 is 26.7. The molecule has 0 aromatic heterocycles. The predicted molar refractivity (Wildman–Crippen MR) is 58.1 cm³/mol. The Hall–Kier alpha value is -0.960. The number of hydrogen-bond acceptors (Lipinski definition) is 1. The number of aryl methyl sites for hydroxylation is 2. The standard InChI is InChI=1S/C13H16F2O/c1-8-2-3-10(13(15)12(8)14)6-7-11(16)9-4-5-9/h2-3,9,11,16H,4-7H2,1H3. The van der Waals surface area contributed by atoms with Gasteiger partial charge in [-0.1, -0.05) is 12.1 Å². The SMILES string of the molecule is Cc1ccc(CCC(O)C2CC2)c(F)c1F. The molecule has 0 heterocycles. The predicted octanol–water partition coefficient (Wildman–Crippen LogP) is 2.98. The van der Waals surface area contributed by atoms with Gasteiger partial charge < -0.3 is 5.11 Å². The molecule has 0 spiro atoms. The third-order valence-corrected chi connectivity index (χ3v) is 3.23. The quantitative estimate of drug-likeness (QED) is 0.836. The molecule has 1 N–H and O–H groups in total. The fraction of sp³-hybridized carbons (Fsp3) is 0.538. The average Bonchev–Trinajstić information content (AvgIpc) is 3.08. The van der Waals surface area contributed by atoms with E-state index in [0.717, 1.165) is 12.8 Å². The molecule has 0 bridgehead atoms. The van der Waals surface area contributed by atoms with E-state index in [-0.39, 0.29) is 6.10 Å². The molecule has 1 aromatic carbocycles. The van der Waals surface area contributed by atoms with Gasteiger partial charge in [-0.25, -0.2) is 8.78 Å². The van der Waals surface area contributed by atoms with E-state index in [1.54, 1.807) is 19.1 Å². The first kappa shape index (κ1) is 11.5. The Morgan fingerprint density at radius 1 is 1.31 bits per heavy atom. The zero-order chi connectivity index (χ0) is 11.7. The van der Waals surface area contributed by atoms with E-state index in [0.29, 0.717) is 29.9 Å². The van der Waals surface area contributed by atoms with E-state index < -0.39 is 11.6 Å². The molecule has 1 nitrogen and oxygen atoms in total. The second-order valence-corrected chi connectivity index (χ2v) is 4.61. The molecular weight excluding hydrogens is 210 g/mol. The van der Waals surface area contributed by atoms with Gasteiger partial charge in [0.1, 0.15) is 0 Å². The molecule has 0 saturated heterocycles. The van der Waals surface area contributed by atoms with Gasteiger partial charge in [-0.15, -0.1) is 0 Å². The van der Waals surface area contributed by atoms with Gasteiger partial charge >= 0.3 is 0 Å². The fourth-order valence-corrected chi connectivity index (χ4v) is 1.90. The summed E-state index contributed by atoms with van der Waals surface area (Å²) in [6.45, 7) is 1.54. The molecule has 0 aliphatic heterocycles. The highest BCUT2D eigenvalue weighted by molar-refractivity contribution is 5.25. The minimum absolute atomic E-state index is 0.323. The van der Waals surface area contributed by atoms with E-state index in [1.165, 1.54) is 0 Å². The first-order chi connectivity index (χ1) is 7.59. The molecule has 2 rings (SSSR count). The molecule has 1 aliphatic rings. The Morgan fingerprint density at radius 3 is 2.62 bits per heavy atom. The van der Waals surface area contributed by atoms with Gasteiger partial charge in [0, 0.05) is 0 Å². The number of rotatable bonds is 4. The summed E-state index contributed by atoms with van der Waals surface area (Å²) in [6, 6.07) is 3.19. The molecule has 1 fully saturated rings. The highest BCUT2D eigenvalue weighted by atomic mass is 19.2. The van der Waals surface area contributed by atoms with Crippen LogP contribution in [0.15, 0.2) is 12.1 Å². The molecule has 1 unspecified atom stereocenters. The monoisotopic (exact) mass is 226 g/mol. The van der Waals surface area contributed by atoms with Crippen LogP contribution in [-0.2, 0) is 6.42 Å². The zero-order valence-corrected chi connectivity index (χ0v) is 9.34. The lowest BCUT2D eigenvalue weighted by Gasteiger charge is -2.10. The molecule has 0 amide bonds. The number of hydrogen-bond donors (Lipinski definition) is 1. The van der Waals surface area contributed by atoms with E-state index in [1.807, 2.05) is 0 Å². The summed E-state index contributed by atoms with van der Waals surface area (Å²) >= 11 is 0. The van der Waals surface area contributed by atoms with Crippen molar-refractivity contribution in [2.45, 2.75) is 38.7 Å². The molecular formula is C13H16F2O. The van der Waals surface area contributed by atoms with Crippen LogP contribution in [0.25, 0.3) is 0 Å². The van der Waals surface area contributed by atoms with Crippen molar-refractivity contribution >= 4 is 0 Å². The van der Waals surface area contributed by atoms with E-state index in [9.17, 15) is 13.9 Å². The smallest absolute Gasteiger partial charge is 0.162 e. The first-order valence-corrected chi connectivity index (χ1v) is 5.71. The van der Waals surface area contributed by atoms with Crippen LogP contribution in [0.2, 0.25) is 0 Å². The van der Waals surface area contributed by atoms with Crippen molar-refractivity contribution in [2.24, 2.45) is 5.92 Å².